The zero-order valence-corrected chi connectivity index (χ0v) is 11.5. The van der Waals surface area contributed by atoms with Crippen LogP contribution >= 0.6 is 0 Å². The molecule has 0 bridgehead atoms. The number of rotatable bonds is 8. The Hall–Kier alpha value is -1.29. The second-order valence-electron chi connectivity index (χ2n) is 4.33. The Morgan fingerprint density at radius 3 is 2.41 bits per heavy atom. The van der Waals surface area contributed by atoms with Crippen molar-refractivity contribution >= 4 is 5.84 Å². The van der Waals surface area contributed by atoms with Gasteiger partial charge in [0.25, 0.3) is 0 Å². The van der Waals surface area contributed by atoms with E-state index in [-0.39, 0.29) is 5.84 Å². The second kappa shape index (κ2) is 8.82. The van der Waals surface area contributed by atoms with Crippen molar-refractivity contribution in [3.8, 4) is 0 Å². The maximum absolute atomic E-state index is 7.17. The summed E-state index contributed by atoms with van der Waals surface area (Å²) in [7, 11) is 4.15. The number of nitrogens with one attached hydrogen (secondary N) is 1. The van der Waals surface area contributed by atoms with E-state index in [1.165, 1.54) is 5.70 Å². The first kappa shape index (κ1) is 15.7. The summed E-state index contributed by atoms with van der Waals surface area (Å²) in [6, 6.07) is 0. The predicted octanol–water partition coefficient (Wildman–Crippen LogP) is 1.66. The lowest BCUT2D eigenvalue weighted by Crippen LogP contribution is -2.32. The van der Waals surface area contributed by atoms with Gasteiger partial charge < -0.3 is 15.5 Å². The van der Waals surface area contributed by atoms with Crippen molar-refractivity contribution < 1.29 is 0 Å². The molecule has 0 radical (unpaired) electrons. The van der Waals surface area contributed by atoms with E-state index in [1.807, 2.05) is 19.1 Å². The highest BCUT2D eigenvalue weighted by atomic mass is 15.2. The van der Waals surface area contributed by atoms with E-state index in [0.717, 1.165) is 19.6 Å². The van der Waals surface area contributed by atoms with Crippen LogP contribution in [0.2, 0.25) is 0 Å². The smallest absolute Gasteiger partial charge is 0.0918 e. The summed E-state index contributed by atoms with van der Waals surface area (Å²) in [4.78, 5) is 4.42. The van der Waals surface area contributed by atoms with Crippen LogP contribution in [0.15, 0.2) is 23.9 Å². The molecule has 0 aliphatic carbocycles. The molecule has 0 aromatic heterocycles. The fourth-order valence-electron chi connectivity index (χ4n) is 1.28. The largest absolute Gasteiger partial charge is 0.388 e. The highest BCUT2D eigenvalue weighted by molar-refractivity contribution is 5.76. The van der Waals surface area contributed by atoms with E-state index in [2.05, 4.69) is 36.9 Å². The molecule has 0 spiro atoms. The Bertz CT molecular complexity index is 281. The van der Waals surface area contributed by atoms with Gasteiger partial charge in [0, 0.05) is 38.8 Å². The van der Waals surface area contributed by atoms with Gasteiger partial charge in [-0.25, -0.2) is 0 Å². The van der Waals surface area contributed by atoms with Gasteiger partial charge in [0.15, 0.2) is 0 Å². The molecule has 0 unspecified atom stereocenters. The summed E-state index contributed by atoms with van der Waals surface area (Å²) in [5.41, 5.74) is 6.58. The van der Waals surface area contributed by atoms with Gasteiger partial charge in [-0.15, -0.1) is 0 Å². The van der Waals surface area contributed by atoms with Gasteiger partial charge in [0.2, 0.25) is 0 Å². The number of amidine groups is 1. The fourth-order valence-corrected chi connectivity index (χ4v) is 1.28. The van der Waals surface area contributed by atoms with E-state index in [0.29, 0.717) is 6.42 Å². The molecule has 0 aliphatic rings. The van der Waals surface area contributed by atoms with Crippen molar-refractivity contribution in [2.75, 3.05) is 33.7 Å². The lowest BCUT2D eigenvalue weighted by Gasteiger charge is -2.23. The maximum atomic E-state index is 7.17. The molecule has 0 aliphatic heterocycles. The van der Waals surface area contributed by atoms with E-state index in [4.69, 9.17) is 11.1 Å². The van der Waals surface area contributed by atoms with Crippen LogP contribution in [0, 0.1) is 5.41 Å². The van der Waals surface area contributed by atoms with Gasteiger partial charge in [0.05, 0.1) is 5.84 Å². The summed E-state index contributed by atoms with van der Waals surface area (Å²) < 4.78 is 0. The van der Waals surface area contributed by atoms with E-state index in [9.17, 15) is 0 Å². The van der Waals surface area contributed by atoms with Crippen molar-refractivity contribution in [1.29, 1.82) is 5.41 Å². The van der Waals surface area contributed by atoms with Gasteiger partial charge in [-0.2, -0.15) is 0 Å². The van der Waals surface area contributed by atoms with Crippen LogP contribution in [0.4, 0.5) is 0 Å². The molecule has 0 heterocycles. The highest BCUT2D eigenvalue weighted by Crippen LogP contribution is 2.00. The summed E-state index contributed by atoms with van der Waals surface area (Å²) in [5, 5.41) is 7.17. The van der Waals surface area contributed by atoms with Crippen LogP contribution in [0.3, 0.4) is 0 Å². The fraction of sp³-hybridized carbons (Fsp3) is 0.615. The minimum absolute atomic E-state index is 0.259. The number of allylic oxidation sites excluding steroid dienone is 4. The number of hydrogen-bond acceptors (Lipinski definition) is 3. The third kappa shape index (κ3) is 8.51. The first-order chi connectivity index (χ1) is 7.97. The van der Waals surface area contributed by atoms with E-state index >= 15 is 0 Å². The van der Waals surface area contributed by atoms with Crippen molar-refractivity contribution in [2.45, 2.75) is 20.3 Å². The molecule has 0 aromatic carbocycles. The van der Waals surface area contributed by atoms with Crippen molar-refractivity contribution in [1.82, 2.24) is 9.80 Å². The van der Waals surface area contributed by atoms with Gasteiger partial charge in [-0.05, 0) is 27.0 Å². The Labute approximate surface area is 105 Å². The van der Waals surface area contributed by atoms with Gasteiger partial charge in [0.1, 0.15) is 0 Å². The molecular formula is C13H26N4. The average Bonchev–Trinajstić information content (AvgIpc) is 2.30. The summed E-state index contributed by atoms with van der Waals surface area (Å²) in [5.74, 6) is 0.259. The molecule has 4 heteroatoms. The maximum Gasteiger partial charge on any atom is 0.0918 e. The summed E-state index contributed by atoms with van der Waals surface area (Å²) in [6.45, 7) is 6.93. The lowest BCUT2D eigenvalue weighted by atomic mass is 10.3. The van der Waals surface area contributed by atoms with Crippen molar-refractivity contribution in [3.05, 3.63) is 23.9 Å². The minimum Gasteiger partial charge on any atom is -0.388 e. The Morgan fingerprint density at radius 2 is 1.88 bits per heavy atom. The first-order valence-electron chi connectivity index (χ1n) is 5.99. The molecule has 0 amide bonds. The van der Waals surface area contributed by atoms with Gasteiger partial charge in [-0.1, -0.05) is 12.2 Å². The molecule has 4 nitrogen and oxygen atoms in total. The van der Waals surface area contributed by atoms with Crippen LogP contribution in [-0.4, -0.2) is 49.4 Å². The minimum atomic E-state index is 0.259. The normalized spacial score (nSPS) is 12.4. The quantitative estimate of drug-likeness (QED) is 0.384. The van der Waals surface area contributed by atoms with E-state index < -0.39 is 0 Å². The Morgan fingerprint density at radius 1 is 1.24 bits per heavy atom. The molecule has 0 rings (SSSR count). The molecule has 0 atom stereocenters. The molecule has 0 fully saturated rings. The molecule has 0 saturated carbocycles. The molecule has 3 N–H and O–H groups in total. The third-order valence-electron chi connectivity index (χ3n) is 2.71. The van der Waals surface area contributed by atoms with Crippen LogP contribution in [0.25, 0.3) is 0 Å². The van der Waals surface area contributed by atoms with Crippen LogP contribution in [-0.2, 0) is 0 Å². The number of likely N-dealkylation sites (N-methyl/N-ethyl adjacent to an activating group) is 2. The molecule has 0 saturated heterocycles. The zero-order chi connectivity index (χ0) is 13.3. The van der Waals surface area contributed by atoms with Crippen LogP contribution < -0.4 is 5.73 Å². The number of hydrogen-bond donors (Lipinski definition) is 2. The summed E-state index contributed by atoms with van der Waals surface area (Å²) >= 11 is 0. The molecule has 0 aromatic rings. The molecule has 98 valence electrons. The molecule has 17 heavy (non-hydrogen) atoms. The standard InChI is InChI=1S/C13H26N4/c1-5-6-7-12(2)17(4)11-10-16(3)9-8-13(14)15/h5-7H,8-11H2,1-4H3,(H3,14,15)/b6-5-,12-7+. The monoisotopic (exact) mass is 238 g/mol. The Balaban J connectivity index is 3.90. The predicted molar refractivity (Wildman–Crippen MR) is 75.2 cm³/mol. The second-order valence-corrected chi connectivity index (χ2v) is 4.33. The number of nitrogens with zero attached hydrogens (tertiary/aromatic N) is 2. The van der Waals surface area contributed by atoms with Crippen molar-refractivity contribution in [2.24, 2.45) is 5.73 Å². The average molecular weight is 238 g/mol. The zero-order valence-electron chi connectivity index (χ0n) is 11.5. The Kier molecular flexibility index (Phi) is 8.15. The topological polar surface area (TPSA) is 56.4 Å². The van der Waals surface area contributed by atoms with Crippen LogP contribution in [0.1, 0.15) is 20.3 Å². The SMILES string of the molecule is C/C=C\C=C(/C)N(C)CCN(C)CCC(=N)N. The first-order valence-corrected chi connectivity index (χ1v) is 5.99. The van der Waals surface area contributed by atoms with Crippen LogP contribution in [0.5, 0.6) is 0 Å². The van der Waals surface area contributed by atoms with E-state index in [1.54, 1.807) is 0 Å². The number of nitrogens with two attached hydrogens (primary N) is 1. The highest BCUT2D eigenvalue weighted by Gasteiger charge is 2.02. The lowest BCUT2D eigenvalue weighted by molar-refractivity contribution is 0.291. The molecular weight excluding hydrogens is 212 g/mol. The third-order valence-corrected chi connectivity index (χ3v) is 2.71. The van der Waals surface area contributed by atoms with Gasteiger partial charge in [-0.3, -0.25) is 5.41 Å². The summed E-state index contributed by atoms with van der Waals surface area (Å²) in [6.07, 6.45) is 6.82. The van der Waals surface area contributed by atoms with Gasteiger partial charge >= 0.3 is 0 Å². The van der Waals surface area contributed by atoms with Crippen molar-refractivity contribution in [3.63, 3.8) is 0 Å².